The van der Waals surface area contributed by atoms with Gasteiger partial charge in [0.25, 0.3) is 0 Å². The van der Waals surface area contributed by atoms with Gasteiger partial charge < -0.3 is 5.73 Å². The average Bonchev–Trinajstić information content (AvgIpc) is 3.29. The Kier molecular flexibility index (Phi) is 5.90. The second kappa shape index (κ2) is 7.68. The maximum Gasteiger partial charge on any atom is 0.0359 e. The number of hydrogen-bond acceptors (Lipinski definition) is 2. The molecule has 1 aromatic rings. The van der Waals surface area contributed by atoms with Crippen molar-refractivity contribution in [3.05, 3.63) is 29.8 Å². The Morgan fingerprint density at radius 3 is 2.60 bits per heavy atom. The van der Waals surface area contributed by atoms with Gasteiger partial charge in [-0.2, -0.15) is 0 Å². The molecule has 2 nitrogen and oxygen atoms in total. The molecule has 0 aromatic heterocycles. The van der Waals surface area contributed by atoms with Crippen LogP contribution in [0.25, 0.3) is 0 Å². The first-order valence-corrected chi connectivity index (χ1v) is 8.32. The summed E-state index contributed by atoms with van der Waals surface area (Å²) >= 11 is 0. The van der Waals surface area contributed by atoms with Crippen LogP contribution in [0, 0.1) is 5.92 Å². The molecule has 2 heteroatoms. The summed E-state index contributed by atoms with van der Waals surface area (Å²) < 4.78 is 0. The molecule has 0 amide bonds. The molecule has 1 aliphatic carbocycles. The summed E-state index contributed by atoms with van der Waals surface area (Å²) in [7, 11) is 0. The van der Waals surface area contributed by atoms with Crippen molar-refractivity contribution >= 4 is 5.69 Å². The Morgan fingerprint density at radius 1 is 1.25 bits per heavy atom. The summed E-state index contributed by atoms with van der Waals surface area (Å²) in [6.45, 7) is 6.90. The van der Waals surface area contributed by atoms with E-state index in [0.717, 1.165) is 24.2 Å². The molecule has 1 fully saturated rings. The molecule has 1 aromatic carbocycles. The van der Waals surface area contributed by atoms with Crippen LogP contribution in [0.1, 0.15) is 57.9 Å². The molecule has 0 heterocycles. The number of para-hydroxylation sites is 1. The Bertz CT molecular complexity index is 398. The zero-order valence-corrected chi connectivity index (χ0v) is 13.1. The van der Waals surface area contributed by atoms with Crippen LogP contribution in [-0.4, -0.2) is 17.5 Å². The first-order chi connectivity index (χ1) is 9.74. The zero-order valence-electron chi connectivity index (χ0n) is 13.1. The van der Waals surface area contributed by atoms with Gasteiger partial charge in [0.1, 0.15) is 0 Å². The Labute approximate surface area is 124 Å². The van der Waals surface area contributed by atoms with Crippen LogP contribution in [0.5, 0.6) is 0 Å². The zero-order chi connectivity index (χ0) is 14.4. The van der Waals surface area contributed by atoms with E-state index in [1.807, 2.05) is 12.1 Å². The molecule has 2 rings (SSSR count). The third-order valence-electron chi connectivity index (χ3n) is 4.53. The van der Waals surface area contributed by atoms with Crippen molar-refractivity contribution in [1.29, 1.82) is 0 Å². The van der Waals surface area contributed by atoms with E-state index in [9.17, 15) is 0 Å². The Morgan fingerprint density at radius 2 is 2.00 bits per heavy atom. The number of benzene rings is 1. The number of unbranched alkanes of at least 4 members (excludes halogenated alkanes) is 1. The molecule has 1 aliphatic rings. The number of nitrogen functional groups attached to an aromatic ring is 1. The van der Waals surface area contributed by atoms with Crippen LogP contribution in [-0.2, 0) is 6.54 Å². The molecule has 1 saturated carbocycles. The third-order valence-corrected chi connectivity index (χ3v) is 4.53. The summed E-state index contributed by atoms with van der Waals surface area (Å²) in [4.78, 5) is 2.68. The second-order valence-corrected chi connectivity index (χ2v) is 6.28. The van der Waals surface area contributed by atoms with E-state index in [-0.39, 0.29) is 0 Å². The van der Waals surface area contributed by atoms with Gasteiger partial charge in [-0.15, -0.1) is 0 Å². The topological polar surface area (TPSA) is 29.3 Å². The van der Waals surface area contributed by atoms with Crippen molar-refractivity contribution in [1.82, 2.24) is 4.90 Å². The highest BCUT2D eigenvalue weighted by Gasteiger charge is 2.30. The van der Waals surface area contributed by atoms with Crippen LogP contribution in [0.15, 0.2) is 24.3 Å². The maximum atomic E-state index is 6.11. The summed E-state index contributed by atoms with van der Waals surface area (Å²) in [6.07, 6.45) is 8.10. The summed E-state index contributed by atoms with van der Waals surface area (Å²) in [6, 6.07) is 9.14. The molecule has 0 bridgehead atoms. The van der Waals surface area contributed by atoms with Gasteiger partial charge in [-0.1, -0.05) is 51.3 Å². The van der Waals surface area contributed by atoms with Crippen molar-refractivity contribution in [3.63, 3.8) is 0 Å². The summed E-state index contributed by atoms with van der Waals surface area (Å²) in [5.41, 5.74) is 8.35. The van der Waals surface area contributed by atoms with E-state index < -0.39 is 0 Å². The van der Waals surface area contributed by atoms with Gasteiger partial charge in [0, 0.05) is 24.8 Å². The maximum absolute atomic E-state index is 6.11. The highest BCUT2D eigenvalue weighted by molar-refractivity contribution is 5.46. The van der Waals surface area contributed by atoms with Gasteiger partial charge in [-0.3, -0.25) is 4.90 Å². The van der Waals surface area contributed by atoms with Crippen LogP contribution in [0.3, 0.4) is 0 Å². The molecule has 0 spiro atoms. The SMILES string of the molecule is CCCCC(CC)CN(Cc1ccccc1N)C1CC1. The largest absolute Gasteiger partial charge is 0.398 e. The molecular weight excluding hydrogens is 244 g/mol. The minimum absolute atomic E-state index is 0.810. The fourth-order valence-corrected chi connectivity index (χ4v) is 2.93. The predicted molar refractivity (Wildman–Crippen MR) is 87.6 cm³/mol. The van der Waals surface area contributed by atoms with Crippen LogP contribution in [0.4, 0.5) is 5.69 Å². The Hall–Kier alpha value is -1.02. The van der Waals surface area contributed by atoms with Crippen molar-refractivity contribution in [3.8, 4) is 0 Å². The normalized spacial score (nSPS) is 16.6. The predicted octanol–water partition coefficient (Wildman–Crippen LogP) is 4.45. The van der Waals surface area contributed by atoms with Gasteiger partial charge in [0.05, 0.1) is 0 Å². The van der Waals surface area contributed by atoms with Crippen molar-refractivity contribution in [2.45, 2.75) is 65.0 Å². The van der Waals surface area contributed by atoms with Crippen molar-refractivity contribution < 1.29 is 0 Å². The highest BCUT2D eigenvalue weighted by Crippen LogP contribution is 2.31. The van der Waals surface area contributed by atoms with E-state index in [0.29, 0.717) is 0 Å². The lowest BCUT2D eigenvalue weighted by Gasteiger charge is -2.27. The minimum Gasteiger partial charge on any atom is -0.398 e. The lowest BCUT2D eigenvalue weighted by Crippen LogP contribution is -2.31. The van der Waals surface area contributed by atoms with Gasteiger partial charge in [-0.05, 0) is 36.8 Å². The number of rotatable bonds is 9. The lowest BCUT2D eigenvalue weighted by atomic mass is 9.98. The van der Waals surface area contributed by atoms with E-state index in [1.165, 1.54) is 50.6 Å². The molecule has 112 valence electrons. The molecule has 0 radical (unpaired) electrons. The van der Waals surface area contributed by atoms with E-state index in [2.05, 4.69) is 30.9 Å². The molecular formula is C18H30N2. The monoisotopic (exact) mass is 274 g/mol. The van der Waals surface area contributed by atoms with E-state index >= 15 is 0 Å². The molecule has 1 atom stereocenters. The minimum atomic E-state index is 0.810. The molecule has 2 N–H and O–H groups in total. The number of nitrogens with two attached hydrogens (primary N) is 1. The fourth-order valence-electron chi connectivity index (χ4n) is 2.93. The second-order valence-electron chi connectivity index (χ2n) is 6.28. The van der Waals surface area contributed by atoms with Crippen molar-refractivity contribution in [2.75, 3.05) is 12.3 Å². The number of nitrogens with zero attached hydrogens (tertiary/aromatic N) is 1. The average molecular weight is 274 g/mol. The summed E-state index contributed by atoms with van der Waals surface area (Å²) in [5, 5.41) is 0. The standard InChI is InChI=1S/C18H30N2/c1-3-5-8-15(4-2)13-20(17-11-12-17)14-16-9-6-7-10-18(16)19/h6-7,9-10,15,17H,3-5,8,11-14,19H2,1-2H3. The van der Waals surface area contributed by atoms with Crippen LogP contribution >= 0.6 is 0 Å². The van der Waals surface area contributed by atoms with Crippen molar-refractivity contribution in [2.24, 2.45) is 5.92 Å². The molecule has 0 saturated heterocycles. The smallest absolute Gasteiger partial charge is 0.0359 e. The molecule has 1 unspecified atom stereocenters. The Balaban J connectivity index is 1.95. The summed E-state index contributed by atoms with van der Waals surface area (Å²) in [5.74, 6) is 0.848. The third kappa shape index (κ3) is 4.52. The lowest BCUT2D eigenvalue weighted by molar-refractivity contribution is 0.202. The molecule has 20 heavy (non-hydrogen) atoms. The van der Waals surface area contributed by atoms with Gasteiger partial charge >= 0.3 is 0 Å². The first kappa shape index (κ1) is 15.4. The number of hydrogen-bond donors (Lipinski definition) is 1. The molecule has 0 aliphatic heterocycles. The van der Waals surface area contributed by atoms with Crippen LogP contribution < -0.4 is 5.73 Å². The fraction of sp³-hybridized carbons (Fsp3) is 0.667. The highest BCUT2D eigenvalue weighted by atomic mass is 15.2. The van der Waals surface area contributed by atoms with Gasteiger partial charge in [0.2, 0.25) is 0 Å². The van der Waals surface area contributed by atoms with E-state index in [1.54, 1.807) is 0 Å². The van der Waals surface area contributed by atoms with Gasteiger partial charge in [-0.25, -0.2) is 0 Å². The first-order valence-electron chi connectivity index (χ1n) is 8.32. The van der Waals surface area contributed by atoms with Crippen LogP contribution in [0.2, 0.25) is 0 Å². The van der Waals surface area contributed by atoms with E-state index in [4.69, 9.17) is 5.73 Å². The van der Waals surface area contributed by atoms with Gasteiger partial charge in [0.15, 0.2) is 0 Å². The quantitative estimate of drug-likeness (QED) is 0.674. The number of anilines is 1.